The molecule has 2 fully saturated rings. The zero-order valence-electron chi connectivity index (χ0n) is 9.47. The molecule has 0 spiro atoms. The fourth-order valence-electron chi connectivity index (χ4n) is 2.63. The maximum Gasteiger partial charge on any atom is 0.0342 e. The summed E-state index contributed by atoms with van der Waals surface area (Å²) in [6.45, 7) is 3.74. The molecule has 0 aromatic heterocycles. The van der Waals surface area contributed by atoms with Crippen LogP contribution < -0.4 is 5.32 Å². The van der Waals surface area contributed by atoms with Crippen molar-refractivity contribution in [2.24, 2.45) is 5.92 Å². The maximum absolute atomic E-state index is 3.34. The van der Waals surface area contributed by atoms with Crippen molar-refractivity contribution in [1.29, 1.82) is 0 Å². The number of nitrogens with one attached hydrogen (secondary N) is 1. The standard InChI is InChI=1S/C12H24N2/c1-14(12-9-13-10-12)8-7-11-5-3-2-4-6-11/h11-13H,2-10H2,1H3. The highest BCUT2D eigenvalue weighted by Crippen LogP contribution is 2.26. The second kappa shape index (κ2) is 5.13. The van der Waals surface area contributed by atoms with Crippen LogP contribution in [-0.2, 0) is 0 Å². The maximum atomic E-state index is 3.34. The van der Waals surface area contributed by atoms with Crippen LogP contribution in [0.25, 0.3) is 0 Å². The van der Waals surface area contributed by atoms with Gasteiger partial charge in [-0.25, -0.2) is 0 Å². The first-order valence-corrected chi connectivity index (χ1v) is 6.27. The van der Waals surface area contributed by atoms with Crippen molar-refractivity contribution in [2.75, 3.05) is 26.7 Å². The molecule has 0 bridgehead atoms. The molecular formula is C12H24N2. The lowest BCUT2D eigenvalue weighted by Crippen LogP contribution is -2.56. The monoisotopic (exact) mass is 196 g/mol. The summed E-state index contributed by atoms with van der Waals surface area (Å²) in [6, 6.07) is 0.832. The molecule has 2 rings (SSSR count). The van der Waals surface area contributed by atoms with Crippen LogP contribution in [0.5, 0.6) is 0 Å². The van der Waals surface area contributed by atoms with E-state index in [0.717, 1.165) is 12.0 Å². The highest BCUT2D eigenvalue weighted by molar-refractivity contribution is 4.83. The molecule has 2 nitrogen and oxygen atoms in total. The summed E-state index contributed by atoms with van der Waals surface area (Å²) >= 11 is 0. The van der Waals surface area contributed by atoms with Crippen molar-refractivity contribution in [3.63, 3.8) is 0 Å². The third-order valence-corrected chi connectivity index (χ3v) is 4.00. The Hall–Kier alpha value is -0.0800. The molecule has 1 saturated heterocycles. The minimum atomic E-state index is 0.832. The van der Waals surface area contributed by atoms with Gasteiger partial charge in [0.15, 0.2) is 0 Å². The molecule has 1 N–H and O–H groups in total. The van der Waals surface area contributed by atoms with E-state index in [9.17, 15) is 0 Å². The Morgan fingerprint density at radius 2 is 1.86 bits per heavy atom. The van der Waals surface area contributed by atoms with Gasteiger partial charge in [0.1, 0.15) is 0 Å². The minimum absolute atomic E-state index is 0.832. The number of likely N-dealkylation sites (N-methyl/N-ethyl adjacent to an activating group) is 1. The first-order chi connectivity index (χ1) is 6.86. The molecule has 14 heavy (non-hydrogen) atoms. The summed E-state index contributed by atoms with van der Waals surface area (Å²) < 4.78 is 0. The van der Waals surface area contributed by atoms with Gasteiger partial charge in [0.2, 0.25) is 0 Å². The van der Waals surface area contributed by atoms with Gasteiger partial charge in [-0.1, -0.05) is 32.1 Å². The molecule has 0 radical (unpaired) electrons. The van der Waals surface area contributed by atoms with Crippen molar-refractivity contribution in [1.82, 2.24) is 10.2 Å². The molecule has 0 amide bonds. The molecule has 1 aliphatic carbocycles. The van der Waals surface area contributed by atoms with Crippen LogP contribution in [0.3, 0.4) is 0 Å². The zero-order valence-corrected chi connectivity index (χ0v) is 9.47. The molecule has 82 valence electrons. The average molecular weight is 196 g/mol. The van der Waals surface area contributed by atoms with E-state index in [0.29, 0.717) is 0 Å². The van der Waals surface area contributed by atoms with E-state index in [2.05, 4.69) is 17.3 Å². The third kappa shape index (κ3) is 2.71. The lowest BCUT2D eigenvalue weighted by atomic mass is 9.87. The number of nitrogens with zero attached hydrogens (tertiary/aromatic N) is 1. The molecule has 0 unspecified atom stereocenters. The molecule has 0 aromatic rings. The minimum Gasteiger partial charge on any atom is -0.314 e. The van der Waals surface area contributed by atoms with Gasteiger partial charge < -0.3 is 10.2 Å². The molecular weight excluding hydrogens is 172 g/mol. The first kappa shape index (κ1) is 10.4. The summed E-state index contributed by atoms with van der Waals surface area (Å²) in [5.41, 5.74) is 0. The van der Waals surface area contributed by atoms with Gasteiger partial charge in [0, 0.05) is 19.1 Å². The zero-order chi connectivity index (χ0) is 9.80. The average Bonchev–Trinajstić information content (AvgIpc) is 2.14. The van der Waals surface area contributed by atoms with Crippen molar-refractivity contribution in [2.45, 2.75) is 44.6 Å². The van der Waals surface area contributed by atoms with E-state index in [4.69, 9.17) is 0 Å². The number of hydrogen-bond donors (Lipinski definition) is 1. The summed E-state index contributed by atoms with van der Waals surface area (Å²) in [5.74, 6) is 1.04. The van der Waals surface area contributed by atoms with Crippen LogP contribution >= 0.6 is 0 Å². The fourth-order valence-corrected chi connectivity index (χ4v) is 2.63. The van der Waals surface area contributed by atoms with E-state index in [-0.39, 0.29) is 0 Å². The summed E-state index contributed by atoms with van der Waals surface area (Å²) in [7, 11) is 2.29. The predicted octanol–water partition coefficient (Wildman–Crippen LogP) is 1.86. The molecule has 1 saturated carbocycles. The van der Waals surface area contributed by atoms with Crippen molar-refractivity contribution in [3.05, 3.63) is 0 Å². The van der Waals surface area contributed by atoms with Gasteiger partial charge in [0.05, 0.1) is 0 Å². The number of rotatable bonds is 4. The summed E-state index contributed by atoms with van der Waals surface area (Å²) in [6.07, 6.45) is 8.89. The first-order valence-electron chi connectivity index (χ1n) is 6.27. The van der Waals surface area contributed by atoms with Crippen LogP contribution in [0.1, 0.15) is 38.5 Å². The Morgan fingerprint density at radius 3 is 2.43 bits per heavy atom. The predicted molar refractivity (Wildman–Crippen MR) is 60.5 cm³/mol. The summed E-state index contributed by atoms with van der Waals surface area (Å²) in [5, 5.41) is 3.34. The van der Waals surface area contributed by atoms with Gasteiger partial charge in [-0.3, -0.25) is 0 Å². The molecule has 2 aliphatic rings. The van der Waals surface area contributed by atoms with Crippen molar-refractivity contribution >= 4 is 0 Å². The Balaban J connectivity index is 1.60. The smallest absolute Gasteiger partial charge is 0.0342 e. The van der Waals surface area contributed by atoms with Crippen LogP contribution in [0.2, 0.25) is 0 Å². The Morgan fingerprint density at radius 1 is 1.14 bits per heavy atom. The van der Waals surface area contributed by atoms with E-state index in [1.165, 1.54) is 58.2 Å². The van der Waals surface area contributed by atoms with Gasteiger partial charge in [0.25, 0.3) is 0 Å². The van der Waals surface area contributed by atoms with E-state index in [1.54, 1.807) is 0 Å². The van der Waals surface area contributed by atoms with Gasteiger partial charge in [-0.05, 0) is 25.9 Å². The fraction of sp³-hybridized carbons (Fsp3) is 1.00. The second-order valence-corrected chi connectivity index (χ2v) is 5.09. The highest BCUT2D eigenvalue weighted by Gasteiger charge is 2.22. The van der Waals surface area contributed by atoms with E-state index >= 15 is 0 Å². The topological polar surface area (TPSA) is 15.3 Å². The van der Waals surface area contributed by atoms with Crippen LogP contribution in [0.15, 0.2) is 0 Å². The van der Waals surface area contributed by atoms with E-state index < -0.39 is 0 Å². The van der Waals surface area contributed by atoms with Gasteiger partial charge in [-0.2, -0.15) is 0 Å². The molecule has 0 aromatic carbocycles. The van der Waals surface area contributed by atoms with Crippen LogP contribution in [-0.4, -0.2) is 37.6 Å². The van der Waals surface area contributed by atoms with Crippen LogP contribution in [0, 0.1) is 5.92 Å². The SMILES string of the molecule is CN(CCC1CCCCC1)C1CNC1. The Labute approximate surface area is 88.1 Å². The quantitative estimate of drug-likeness (QED) is 0.738. The molecule has 1 heterocycles. The molecule has 2 heteroatoms. The molecule has 0 atom stereocenters. The van der Waals surface area contributed by atoms with Crippen molar-refractivity contribution < 1.29 is 0 Å². The van der Waals surface area contributed by atoms with Crippen LogP contribution in [0.4, 0.5) is 0 Å². The summed E-state index contributed by atoms with van der Waals surface area (Å²) in [4.78, 5) is 2.55. The van der Waals surface area contributed by atoms with E-state index in [1.807, 2.05) is 0 Å². The van der Waals surface area contributed by atoms with Crippen molar-refractivity contribution in [3.8, 4) is 0 Å². The second-order valence-electron chi connectivity index (χ2n) is 5.09. The van der Waals surface area contributed by atoms with Gasteiger partial charge >= 0.3 is 0 Å². The highest BCUT2D eigenvalue weighted by atomic mass is 15.2. The Kier molecular flexibility index (Phi) is 3.82. The largest absolute Gasteiger partial charge is 0.314 e. The van der Waals surface area contributed by atoms with Gasteiger partial charge in [-0.15, -0.1) is 0 Å². The normalized spacial score (nSPS) is 25.3. The third-order valence-electron chi connectivity index (χ3n) is 4.00. The number of hydrogen-bond acceptors (Lipinski definition) is 2. The lowest BCUT2D eigenvalue weighted by molar-refractivity contribution is 0.163. The lowest BCUT2D eigenvalue weighted by Gasteiger charge is -2.36. The Bertz CT molecular complexity index is 158. The molecule has 1 aliphatic heterocycles.